The SMILES string of the molecule is Cc1nn(C)c(CC(=O)c2ccc(Br)cc2)c1Cl. The van der Waals surface area contributed by atoms with Crippen LogP contribution in [0.2, 0.25) is 5.02 Å². The van der Waals surface area contributed by atoms with Gasteiger partial charge >= 0.3 is 0 Å². The summed E-state index contributed by atoms with van der Waals surface area (Å²) in [5.74, 6) is 0.0346. The maximum atomic E-state index is 12.1. The van der Waals surface area contributed by atoms with Gasteiger partial charge in [0.2, 0.25) is 0 Å². The number of hydrogen-bond acceptors (Lipinski definition) is 2. The summed E-state index contributed by atoms with van der Waals surface area (Å²) in [6, 6.07) is 7.29. The zero-order valence-corrected chi connectivity index (χ0v) is 12.4. The third-order valence-electron chi connectivity index (χ3n) is 2.76. The smallest absolute Gasteiger partial charge is 0.168 e. The zero-order chi connectivity index (χ0) is 13.3. The van der Waals surface area contributed by atoms with Crippen molar-refractivity contribution in [1.82, 2.24) is 9.78 Å². The Labute approximate surface area is 119 Å². The molecule has 1 heterocycles. The van der Waals surface area contributed by atoms with E-state index >= 15 is 0 Å². The summed E-state index contributed by atoms with van der Waals surface area (Å²) in [4.78, 5) is 12.1. The lowest BCUT2D eigenvalue weighted by molar-refractivity contribution is 0.0990. The third kappa shape index (κ3) is 2.65. The lowest BCUT2D eigenvalue weighted by atomic mass is 10.1. The van der Waals surface area contributed by atoms with Crippen molar-refractivity contribution in [2.75, 3.05) is 0 Å². The molecule has 18 heavy (non-hydrogen) atoms. The lowest BCUT2D eigenvalue weighted by Crippen LogP contribution is -2.08. The summed E-state index contributed by atoms with van der Waals surface area (Å²) in [6.45, 7) is 1.83. The van der Waals surface area contributed by atoms with Gasteiger partial charge in [0.1, 0.15) is 0 Å². The lowest BCUT2D eigenvalue weighted by Gasteiger charge is -2.03. The first kappa shape index (κ1) is 13.3. The largest absolute Gasteiger partial charge is 0.294 e. The number of carbonyl (C=O) groups excluding carboxylic acids is 1. The average molecular weight is 328 g/mol. The quantitative estimate of drug-likeness (QED) is 0.808. The van der Waals surface area contributed by atoms with Crippen LogP contribution in [0.3, 0.4) is 0 Å². The van der Waals surface area contributed by atoms with E-state index in [1.54, 1.807) is 23.9 Å². The highest BCUT2D eigenvalue weighted by atomic mass is 79.9. The molecule has 0 aliphatic carbocycles. The monoisotopic (exact) mass is 326 g/mol. The molecule has 0 spiro atoms. The zero-order valence-electron chi connectivity index (χ0n) is 10.1. The highest BCUT2D eigenvalue weighted by molar-refractivity contribution is 9.10. The molecule has 0 saturated carbocycles. The van der Waals surface area contributed by atoms with Gasteiger partial charge in [-0.05, 0) is 19.1 Å². The van der Waals surface area contributed by atoms with Gasteiger partial charge < -0.3 is 0 Å². The second-order valence-corrected chi connectivity index (χ2v) is 5.37. The summed E-state index contributed by atoms with van der Waals surface area (Å²) in [6.07, 6.45) is 0.262. The predicted molar refractivity (Wildman–Crippen MR) is 75.1 cm³/mol. The molecule has 1 aromatic heterocycles. The standard InChI is InChI=1S/C13H12BrClN2O/c1-8-13(15)11(17(2)16-8)7-12(18)9-3-5-10(14)6-4-9/h3-6H,7H2,1-2H3. The van der Waals surface area contributed by atoms with Gasteiger partial charge in [-0.25, -0.2) is 0 Å². The van der Waals surface area contributed by atoms with E-state index in [9.17, 15) is 4.79 Å². The topological polar surface area (TPSA) is 34.9 Å². The summed E-state index contributed by atoms with van der Waals surface area (Å²) >= 11 is 9.47. The molecule has 0 aliphatic rings. The first-order valence-corrected chi connectivity index (χ1v) is 6.63. The first-order chi connectivity index (χ1) is 8.49. The average Bonchev–Trinajstić information content (AvgIpc) is 2.57. The van der Waals surface area contributed by atoms with Crippen LogP contribution >= 0.6 is 27.5 Å². The van der Waals surface area contributed by atoms with Crippen molar-refractivity contribution in [3.8, 4) is 0 Å². The number of aryl methyl sites for hydroxylation is 2. The van der Waals surface area contributed by atoms with Crippen LogP contribution in [-0.4, -0.2) is 15.6 Å². The van der Waals surface area contributed by atoms with Crippen molar-refractivity contribution in [3.63, 3.8) is 0 Å². The van der Waals surface area contributed by atoms with Crippen molar-refractivity contribution >= 4 is 33.3 Å². The molecule has 0 bridgehead atoms. The summed E-state index contributed by atoms with van der Waals surface area (Å²) < 4.78 is 2.61. The predicted octanol–water partition coefficient (Wildman–Crippen LogP) is 3.57. The van der Waals surface area contributed by atoms with Crippen LogP contribution in [0, 0.1) is 6.92 Å². The fraction of sp³-hybridized carbons (Fsp3) is 0.231. The van der Waals surface area contributed by atoms with Gasteiger partial charge in [0, 0.05) is 17.1 Å². The Morgan fingerprint density at radius 3 is 2.50 bits per heavy atom. The Bertz CT molecular complexity index is 590. The summed E-state index contributed by atoms with van der Waals surface area (Å²) in [5.41, 5.74) is 2.17. The van der Waals surface area contributed by atoms with E-state index in [0.717, 1.165) is 15.9 Å². The minimum atomic E-state index is 0.0346. The molecule has 94 valence electrons. The van der Waals surface area contributed by atoms with E-state index in [4.69, 9.17) is 11.6 Å². The second-order valence-electron chi connectivity index (χ2n) is 4.08. The van der Waals surface area contributed by atoms with Crippen LogP contribution in [0.15, 0.2) is 28.7 Å². The number of rotatable bonds is 3. The van der Waals surface area contributed by atoms with Crippen LogP contribution in [-0.2, 0) is 13.5 Å². The molecule has 0 atom stereocenters. The maximum Gasteiger partial charge on any atom is 0.168 e. The Morgan fingerprint density at radius 2 is 2.00 bits per heavy atom. The number of aromatic nitrogens is 2. The highest BCUT2D eigenvalue weighted by Gasteiger charge is 2.15. The van der Waals surface area contributed by atoms with Crippen LogP contribution in [0.5, 0.6) is 0 Å². The molecule has 5 heteroatoms. The fourth-order valence-corrected chi connectivity index (χ4v) is 2.25. The Kier molecular flexibility index (Phi) is 3.88. The number of nitrogens with zero attached hydrogens (tertiary/aromatic N) is 2. The van der Waals surface area contributed by atoms with Crippen molar-refractivity contribution in [2.24, 2.45) is 7.05 Å². The van der Waals surface area contributed by atoms with Crippen molar-refractivity contribution in [2.45, 2.75) is 13.3 Å². The van der Waals surface area contributed by atoms with Gasteiger partial charge in [0.15, 0.2) is 5.78 Å². The molecule has 2 rings (SSSR count). The number of ketones is 1. The van der Waals surface area contributed by atoms with Crippen LogP contribution in [0.1, 0.15) is 21.7 Å². The van der Waals surface area contributed by atoms with Gasteiger partial charge in [0.25, 0.3) is 0 Å². The van der Waals surface area contributed by atoms with Crippen molar-refractivity contribution < 1.29 is 4.79 Å². The van der Waals surface area contributed by atoms with E-state index in [2.05, 4.69) is 21.0 Å². The van der Waals surface area contributed by atoms with Crippen LogP contribution in [0.25, 0.3) is 0 Å². The normalized spacial score (nSPS) is 10.7. The number of hydrogen-bond donors (Lipinski definition) is 0. The van der Waals surface area contributed by atoms with Crippen LogP contribution < -0.4 is 0 Å². The molecule has 0 aliphatic heterocycles. The molecule has 0 unspecified atom stereocenters. The van der Waals surface area contributed by atoms with Crippen molar-refractivity contribution in [3.05, 3.63) is 50.7 Å². The van der Waals surface area contributed by atoms with Gasteiger partial charge in [-0.15, -0.1) is 0 Å². The molecule has 0 fully saturated rings. The van der Waals surface area contributed by atoms with Crippen molar-refractivity contribution in [1.29, 1.82) is 0 Å². The molecule has 3 nitrogen and oxygen atoms in total. The molecule has 1 aromatic carbocycles. The number of carbonyl (C=O) groups is 1. The molecular formula is C13H12BrClN2O. The van der Waals surface area contributed by atoms with Crippen LogP contribution in [0.4, 0.5) is 0 Å². The Hall–Kier alpha value is -1.13. The van der Waals surface area contributed by atoms with E-state index in [0.29, 0.717) is 10.6 Å². The molecule has 0 radical (unpaired) electrons. The number of benzene rings is 1. The number of Topliss-reactive ketones (excluding diaryl/α,β-unsaturated/α-hetero) is 1. The minimum absolute atomic E-state index is 0.0346. The van der Waals surface area contributed by atoms with Gasteiger partial charge in [0.05, 0.1) is 22.8 Å². The van der Waals surface area contributed by atoms with E-state index < -0.39 is 0 Å². The van der Waals surface area contributed by atoms with Gasteiger partial charge in [-0.1, -0.05) is 39.7 Å². The second kappa shape index (κ2) is 5.24. The number of halogens is 2. The first-order valence-electron chi connectivity index (χ1n) is 5.45. The third-order valence-corrected chi connectivity index (χ3v) is 3.78. The minimum Gasteiger partial charge on any atom is -0.294 e. The van der Waals surface area contributed by atoms with Gasteiger partial charge in [-0.3, -0.25) is 9.48 Å². The van der Waals surface area contributed by atoms with E-state index in [1.807, 2.05) is 19.1 Å². The Morgan fingerprint density at radius 1 is 1.39 bits per heavy atom. The fourth-order valence-electron chi connectivity index (χ4n) is 1.76. The molecule has 0 N–H and O–H groups in total. The molecular weight excluding hydrogens is 316 g/mol. The highest BCUT2D eigenvalue weighted by Crippen LogP contribution is 2.21. The van der Waals surface area contributed by atoms with Gasteiger partial charge in [-0.2, -0.15) is 5.10 Å². The Balaban J connectivity index is 2.24. The molecule has 0 amide bonds. The summed E-state index contributed by atoms with van der Waals surface area (Å²) in [7, 11) is 1.79. The maximum absolute atomic E-state index is 12.1. The molecule has 0 saturated heterocycles. The molecule has 2 aromatic rings. The summed E-state index contributed by atoms with van der Waals surface area (Å²) in [5, 5.41) is 4.77. The van der Waals surface area contributed by atoms with E-state index in [1.165, 1.54) is 0 Å². The van der Waals surface area contributed by atoms with E-state index in [-0.39, 0.29) is 12.2 Å².